The van der Waals surface area contributed by atoms with Crippen LogP contribution in [0.3, 0.4) is 0 Å². The van der Waals surface area contributed by atoms with Crippen LogP contribution in [0.1, 0.15) is 51.5 Å². The van der Waals surface area contributed by atoms with Gasteiger partial charge in [-0.25, -0.2) is 0 Å². The number of carbonyl (C=O) groups is 1. The van der Waals surface area contributed by atoms with Gasteiger partial charge in [-0.2, -0.15) is 0 Å². The topological polar surface area (TPSA) is 64.3 Å². The van der Waals surface area contributed by atoms with Crippen molar-refractivity contribution < 1.29 is 9.53 Å². The minimum absolute atomic E-state index is 0.0380. The monoisotopic (exact) mass is 292 g/mol. The largest absolute Gasteiger partial charge is 0.483 e. The number of carbonyl (C=O) groups excluding carboxylic acids is 1. The van der Waals surface area contributed by atoms with Crippen LogP contribution >= 0.6 is 0 Å². The molecule has 4 nitrogen and oxygen atoms in total. The lowest BCUT2D eigenvalue weighted by Gasteiger charge is -2.15. The number of nitrogens with one attached hydrogen (secondary N) is 1. The first-order chi connectivity index (χ1) is 10.2. The first kappa shape index (κ1) is 17.5. The highest BCUT2D eigenvalue weighted by atomic mass is 16.5. The van der Waals surface area contributed by atoms with Gasteiger partial charge >= 0.3 is 0 Å². The molecule has 0 radical (unpaired) electrons. The average molecular weight is 292 g/mol. The lowest BCUT2D eigenvalue weighted by Crippen LogP contribution is -2.36. The highest BCUT2D eigenvalue weighted by Crippen LogP contribution is 2.16. The average Bonchev–Trinajstić information content (AvgIpc) is 2.49. The molecule has 118 valence electrons. The molecule has 0 aliphatic rings. The second kappa shape index (κ2) is 10.2. The predicted octanol–water partition coefficient (Wildman–Crippen LogP) is 3.00. The van der Waals surface area contributed by atoms with E-state index in [1.165, 1.54) is 19.3 Å². The summed E-state index contributed by atoms with van der Waals surface area (Å²) in [6.07, 6.45) is 5.91. The lowest BCUT2D eigenvalue weighted by molar-refractivity contribution is -0.123. The van der Waals surface area contributed by atoms with Crippen molar-refractivity contribution in [2.75, 3.05) is 6.61 Å². The van der Waals surface area contributed by atoms with Crippen LogP contribution in [-0.2, 0) is 11.3 Å². The van der Waals surface area contributed by atoms with Crippen molar-refractivity contribution in [3.63, 3.8) is 0 Å². The summed E-state index contributed by atoms with van der Waals surface area (Å²) >= 11 is 0. The maximum atomic E-state index is 11.8. The molecule has 4 heteroatoms. The normalized spacial score (nSPS) is 12.0. The standard InChI is InChI=1S/C17H28N2O2/c1-3-4-5-6-9-14(2)19-17(20)13-21-16-11-8-7-10-15(16)12-18/h7-8,10-11,14H,3-6,9,12-13,18H2,1-2H3,(H,19,20). The van der Waals surface area contributed by atoms with E-state index in [1.807, 2.05) is 31.2 Å². The molecule has 3 N–H and O–H groups in total. The van der Waals surface area contributed by atoms with E-state index in [1.54, 1.807) is 0 Å². The summed E-state index contributed by atoms with van der Waals surface area (Å²) < 4.78 is 5.54. The molecule has 0 bridgehead atoms. The van der Waals surface area contributed by atoms with Gasteiger partial charge in [0.2, 0.25) is 0 Å². The van der Waals surface area contributed by atoms with Crippen molar-refractivity contribution in [1.29, 1.82) is 0 Å². The Balaban J connectivity index is 2.27. The van der Waals surface area contributed by atoms with Crippen molar-refractivity contribution >= 4 is 5.91 Å². The van der Waals surface area contributed by atoms with E-state index in [-0.39, 0.29) is 18.6 Å². The molecule has 0 aliphatic carbocycles. The first-order valence-electron chi connectivity index (χ1n) is 7.87. The number of para-hydroxylation sites is 1. The molecular formula is C17H28N2O2. The molecule has 1 amide bonds. The minimum atomic E-state index is -0.0789. The second-order valence-electron chi connectivity index (χ2n) is 5.42. The molecule has 0 saturated heterocycles. The predicted molar refractivity (Wildman–Crippen MR) is 86.2 cm³/mol. The summed E-state index contributed by atoms with van der Waals surface area (Å²) in [4.78, 5) is 11.8. The van der Waals surface area contributed by atoms with E-state index < -0.39 is 0 Å². The Hall–Kier alpha value is -1.55. The number of benzene rings is 1. The molecule has 0 heterocycles. The number of hydrogen-bond acceptors (Lipinski definition) is 3. The van der Waals surface area contributed by atoms with Crippen LogP contribution in [0.5, 0.6) is 5.75 Å². The molecule has 1 aromatic rings. The van der Waals surface area contributed by atoms with E-state index in [4.69, 9.17) is 10.5 Å². The van der Waals surface area contributed by atoms with Gasteiger partial charge in [-0.05, 0) is 19.4 Å². The highest BCUT2D eigenvalue weighted by Gasteiger charge is 2.09. The van der Waals surface area contributed by atoms with Crippen LogP contribution in [0.4, 0.5) is 0 Å². The minimum Gasteiger partial charge on any atom is -0.483 e. The van der Waals surface area contributed by atoms with E-state index in [9.17, 15) is 4.79 Å². The maximum Gasteiger partial charge on any atom is 0.258 e. The SMILES string of the molecule is CCCCCCC(C)NC(=O)COc1ccccc1CN. The fourth-order valence-corrected chi connectivity index (χ4v) is 2.22. The number of nitrogens with two attached hydrogens (primary N) is 1. The summed E-state index contributed by atoms with van der Waals surface area (Å²) in [5.74, 6) is 0.607. The van der Waals surface area contributed by atoms with Gasteiger partial charge in [-0.3, -0.25) is 4.79 Å². The maximum absolute atomic E-state index is 11.8. The summed E-state index contributed by atoms with van der Waals surface area (Å²) in [6, 6.07) is 7.73. The molecule has 0 spiro atoms. The number of hydrogen-bond donors (Lipinski definition) is 2. The Morgan fingerprint density at radius 2 is 2.05 bits per heavy atom. The van der Waals surface area contributed by atoms with Crippen molar-refractivity contribution in [2.45, 2.75) is 58.5 Å². The Bertz CT molecular complexity index is 421. The third-order valence-electron chi connectivity index (χ3n) is 3.45. The Labute approximate surface area is 128 Å². The molecule has 0 saturated carbocycles. The first-order valence-corrected chi connectivity index (χ1v) is 7.87. The molecular weight excluding hydrogens is 264 g/mol. The molecule has 1 atom stereocenters. The van der Waals surface area contributed by atoms with Gasteiger partial charge in [0.1, 0.15) is 5.75 Å². The smallest absolute Gasteiger partial charge is 0.258 e. The lowest BCUT2D eigenvalue weighted by atomic mass is 10.1. The van der Waals surface area contributed by atoms with Crippen LogP contribution in [0.2, 0.25) is 0 Å². The van der Waals surface area contributed by atoms with Crippen LogP contribution < -0.4 is 15.8 Å². The fourth-order valence-electron chi connectivity index (χ4n) is 2.22. The van der Waals surface area contributed by atoms with Crippen LogP contribution in [0.25, 0.3) is 0 Å². The van der Waals surface area contributed by atoms with Gasteiger partial charge in [-0.15, -0.1) is 0 Å². The van der Waals surface area contributed by atoms with Gasteiger partial charge in [0.05, 0.1) is 0 Å². The zero-order valence-corrected chi connectivity index (χ0v) is 13.2. The zero-order valence-electron chi connectivity index (χ0n) is 13.2. The molecule has 0 aromatic heterocycles. The Morgan fingerprint density at radius 1 is 1.29 bits per heavy atom. The molecule has 1 aromatic carbocycles. The van der Waals surface area contributed by atoms with E-state index in [0.29, 0.717) is 12.3 Å². The summed E-state index contributed by atoms with van der Waals surface area (Å²) in [5.41, 5.74) is 6.55. The van der Waals surface area contributed by atoms with Gasteiger partial charge in [0, 0.05) is 18.2 Å². The van der Waals surface area contributed by atoms with Crippen LogP contribution in [0, 0.1) is 0 Å². The number of unbranched alkanes of at least 4 members (excludes halogenated alkanes) is 3. The van der Waals surface area contributed by atoms with Gasteiger partial charge < -0.3 is 15.8 Å². The molecule has 1 rings (SSSR count). The van der Waals surface area contributed by atoms with Crippen molar-refractivity contribution in [2.24, 2.45) is 5.73 Å². The van der Waals surface area contributed by atoms with Crippen molar-refractivity contribution in [3.05, 3.63) is 29.8 Å². The van der Waals surface area contributed by atoms with Gasteiger partial charge in [-0.1, -0.05) is 50.8 Å². The van der Waals surface area contributed by atoms with Crippen molar-refractivity contribution in [1.82, 2.24) is 5.32 Å². The van der Waals surface area contributed by atoms with E-state index in [0.717, 1.165) is 18.4 Å². The van der Waals surface area contributed by atoms with Gasteiger partial charge in [0.25, 0.3) is 5.91 Å². The number of amides is 1. The Morgan fingerprint density at radius 3 is 2.76 bits per heavy atom. The van der Waals surface area contributed by atoms with Crippen LogP contribution in [-0.4, -0.2) is 18.6 Å². The second-order valence-corrected chi connectivity index (χ2v) is 5.42. The summed E-state index contributed by atoms with van der Waals surface area (Å²) in [6.45, 7) is 4.68. The summed E-state index contributed by atoms with van der Waals surface area (Å²) in [5, 5.41) is 2.97. The molecule has 1 unspecified atom stereocenters. The third-order valence-corrected chi connectivity index (χ3v) is 3.45. The Kier molecular flexibility index (Phi) is 8.51. The van der Waals surface area contributed by atoms with Crippen LogP contribution in [0.15, 0.2) is 24.3 Å². The number of rotatable bonds is 10. The fraction of sp³-hybridized carbons (Fsp3) is 0.588. The van der Waals surface area contributed by atoms with Crippen molar-refractivity contribution in [3.8, 4) is 5.75 Å². The highest BCUT2D eigenvalue weighted by molar-refractivity contribution is 5.77. The molecule has 21 heavy (non-hydrogen) atoms. The number of ether oxygens (including phenoxy) is 1. The quantitative estimate of drug-likeness (QED) is 0.652. The zero-order chi connectivity index (χ0) is 15.5. The van der Waals surface area contributed by atoms with E-state index in [2.05, 4.69) is 12.2 Å². The molecule has 0 fully saturated rings. The third kappa shape index (κ3) is 7.14. The van der Waals surface area contributed by atoms with E-state index >= 15 is 0 Å². The summed E-state index contributed by atoms with van der Waals surface area (Å²) in [7, 11) is 0. The molecule has 0 aliphatic heterocycles. The van der Waals surface area contributed by atoms with Gasteiger partial charge in [0.15, 0.2) is 6.61 Å².